The van der Waals surface area contributed by atoms with Gasteiger partial charge in [0.15, 0.2) is 18.9 Å². The van der Waals surface area contributed by atoms with E-state index in [1.54, 1.807) is 6.08 Å². The van der Waals surface area contributed by atoms with Crippen LogP contribution in [-0.2, 0) is 33.2 Å². The number of aliphatic hydroxyl groups is 11. The highest BCUT2D eigenvalue weighted by Gasteiger charge is 2.54. The smallest absolute Gasteiger partial charge is 0.220 e. The number of rotatable bonds is 81. The molecule has 3 aliphatic rings. The van der Waals surface area contributed by atoms with Crippen molar-refractivity contribution in [1.29, 1.82) is 0 Å². The Kier molecular flexibility index (Phi) is 71.6. The van der Waals surface area contributed by atoms with Gasteiger partial charge in [0.05, 0.1) is 38.6 Å². The molecule has 17 atom stereocenters. The van der Waals surface area contributed by atoms with Crippen molar-refractivity contribution in [2.24, 2.45) is 0 Å². The Hall–Kier alpha value is -2.51. The van der Waals surface area contributed by atoms with Crippen LogP contribution in [0.25, 0.3) is 0 Å². The average molecular weight is 1660 g/mol. The third-order valence-corrected chi connectivity index (χ3v) is 24.3. The van der Waals surface area contributed by atoms with Gasteiger partial charge in [-0.3, -0.25) is 4.79 Å². The molecule has 19 heteroatoms. The van der Waals surface area contributed by atoms with Gasteiger partial charge in [0.25, 0.3) is 0 Å². The lowest BCUT2D eigenvalue weighted by Gasteiger charge is -2.48. The maximum atomic E-state index is 13.5. The number of carbonyl (C=O) groups is 1. The Labute approximate surface area is 713 Å². The fraction of sp³-hybridized carbons (Fsp3) is 0.888. The average Bonchev–Trinajstić information content (AvgIpc) is 0.778. The Bertz CT molecular complexity index is 2340. The van der Waals surface area contributed by atoms with Crippen molar-refractivity contribution in [2.75, 3.05) is 26.4 Å². The van der Waals surface area contributed by atoms with E-state index in [0.717, 1.165) is 51.4 Å². The summed E-state index contributed by atoms with van der Waals surface area (Å²) in [5.41, 5.74) is 0. The molecule has 17 unspecified atom stereocenters. The Morgan fingerprint density at radius 1 is 0.308 bits per heavy atom. The molecule has 3 rings (SSSR count). The first-order valence-corrected chi connectivity index (χ1v) is 49.0. The molecule has 3 saturated heterocycles. The van der Waals surface area contributed by atoms with Crippen LogP contribution >= 0.6 is 0 Å². The second kappa shape index (κ2) is 77.1. The third-order valence-electron chi connectivity index (χ3n) is 24.3. The van der Waals surface area contributed by atoms with Gasteiger partial charge in [-0.05, 0) is 77.0 Å². The molecule has 0 bridgehead atoms. The van der Waals surface area contributed by atoms with Crippen LogP contribution in [-0.4, -0.2) is 193 Å². The van der Waals surface area contributed by atoms with E-state index < -0.39 is 124 Å². The van der Waals surface area contributed by atoms with Crippen molar-refractivity contribution in [2.45, 2.75) is 529 Å². The molecule has 3 heterocycles. The third kappa shape index (κ3) is 54.8. The summed E-state index contributed by atoms with van der Waals surface area (Å²) in [6.07, 6.45) is 77.0. The number of hydrogen-bond acceptors (Lipinski definition) is 18. The molecule has 1 amide bonds. The van der Waals surface area contributed by atoms with Gasteiger partial charge in [0, 0.05) is 6.42 Å². The van der Waals surface area contributed by atoms with E-state index in [1.807, 2.05) is 6.08 Å². The molecule has 0 aromatic heterocycles. The molecule has 3 aliphatic heterocycles. The largest absolute Gasteiger partial charge is 0.394 e. The van der Waals surface area contributed by atoms with Crippen LogP contribution in [0.15, 0.2) is 60.8 Å². The molecule has 3 fully saturated rings. The van der Waals surface area contributed by atoms with E-state index >= 15 is 0 Å². The second-order valence-corrected chi connectivity index (χ2v) is 34.9. The molecule has 0 aromatic rings. The fourth-order valence-corrected chi connectivity index (χ4v) is 16.5. The van der Waals surface area contributed by atoms with Crippen molar-refractivity contribution < 1.29 is 89.4 Å². The summed E-state index contributed by atoms with van der Waals surface area (Å²) in [4.78, 5) is 13.5. The first-order valence-electron chi connectivity index (χ1n) is 49.0. The molecule has 686 valence electrons. The number of ether oxygens (including phenoxy) is 6. The van der Waals surface area contributed by atoms with E-state index in [9.17, 15) is 61.0 Å². The molecule has 0 aromatic carbocycles. The molecule has 19 nitrogen and oxygen atoms in total. The predicted molar refractivity (Wildman–Crippen MR) is 475 cm³/mol. The highest BCUT2D eigenvalue weighted by Crippen LogP contribution is 2.34. The summed E-state index contributed by atoms with van der Waals surface area (Å²) < 4.78 is 34.5. The van der Waals surface area contributed by atoms with E-state index in [-0.39, 0.29) is 18.9 Å². The lowest BCUT2D eigenvalue weighted by atomic mass is 9.96. The van der Waals surface area contributed by atoms with Crippen LogP contribution in [0.2, 0.25) is 0 Å². The number of nitrogens with one attached hydrogen (secondary N) is 1. The van der Waals surface area contributed by atoms with Crippen molar-refractivity contribution in [1.82, 2.24) is 5.32 Å². The molecule has 0 aliphatic carbocycles. The number of amides is 1. The molecule has 0 radical (unpaired) electrons. The van der Waals surface area contributed by atoms with E-state index in [0.29, 0.717) is 12.8 Å². The summed E-state index contributed by atoms with van der Waals surface area (Å²) in [5, 5.41) is 121. The minimum Gasteiger partial charge on any atom is -0.394 e. The van der Waals surface area contributed by atoms with Crippen LogP contribution < -0.4 is 5.32 Å². The quantitative estimate of drug-likeness (QED) is 0.0199. The summed E-state index contributed by atoms with van der Waals surface area (Å²) in [7, 11) is 0. The van der Waals surface area contributed by atoms with Crippen LogP contribution in [0.4, 0.5) is 0 Å². The van der Waals surface area contributed by atoms with Gasteiger partial charge in [-0.15, -0.1) is 0 Å². The Balaban J connectivity index is 1.29. The minimum atomic E-state index is -1.98. The van der Waals surface area contributed by atoms with Crippen LogP contribution in [0, 0.1) is 0 Å². The maximum absolute atomic E-state index is 13.5. The van der Waals surface area contributed by atoms with E-state index in [1.165, 1.54) is 340 Å². The zero-order valence-electron chi connectivity index (χ0n) is 74.4. The zero-order chi connectivity index (χ0) is 84.5. The Morgan fingerprint density at radius 3 is 0.906 bits per heavy atom. The molecule has 0 spiro atoms. The molecule has 0 saturated carbocycles. The van der Waals surface area contributed by atoms with Crippen LogP contribution in [0.3, 0.4) is 0 Å². The predicted octanol–water partition coefficient (Wildman–Crippen LogP) is 20.1. The fourth-order valence-electron chi connectivity index (χ4n) is 16.5. The van der Waals surface area contributed by atoms with Crippen LogP contribution in [0.1, 0.15) is 425 Å². The Morgan fingerprint density at radius 2 is 0.573 bits per heavy atom. The van der Waals surface area contributed by atoms with Crippen molar-refractivity contribution in [3.05, 3.63) is 60.8 Å². The molecular formula is C98H181NO18. The molecule has 117 heavy (non-hydrogen) atoms. The van der Waals surface area contributed by atoms with Gasteiger partial charge >= 0.3 is 0 Å². The van der Waals surface area contributed by atoms with Gasteiger partial charge < -0.3 is 89.9 Å². The number of unbranched alkanes of at least 4 members (excludes halogenated alkanes) is 57. The highest BCUT2D eigenvalue weighted by molar-refractivity contribution is 5.76. The topological polar surface area (TPSA) is 307 Å². The zero-order valence-corrected chi connectivity index (χ0v) is 74.4. The second-order valence-electron chi connectivity index (χ2n) is 34.9. The lowest BCUT2D eigenvalue weighted by molar-refractivity contribution is -0.379. The van der Waals surface area contributed by atoms with Crippen LogP contribution in [0.5, 0.6) is 0 Å². The standard InChI is InChI=1S/C98H181NO18/c1-3-5-7-9-11-13-15-17-19-21-23-25-27-29-31-33-35-36-37-38-39-40-41-42-43-44-46-48-50-52-54-56-58-60-62-64-66-68-70-72-74-76-86(104)99-81(82(103)75-73-71-69-67-65-63-61-59-57-55-53-51-49-47-45-34-32-30-28-26-24-22-20-18-16-14-12-10-8-6-4-2)80-112-96-92(110)89(107)94(84(78-101)114-96)117-98-93(111)90(108)95(85(79-102)115-98)116-97-91(109)88(106)87(105)83(77-100)113-97/h15,17,21,23,57,59,65,67,73,75,81-85,87-98,100-103,105-111H,3-14,16,18-20,22,24-56,58,60-64,66,68-72,74,76-80H2,1-2H3,(H,99,104)/b17-15-,23-21-,59-57+,67-65+,75-73+. The van der Waals surface area contributed by atoms with Crippen molar-refractivity contribution in [3.63, 3.8) is 0 Å². The summed E-state index contributed by atoms with van der Waals surface area (Å²) in [6, 6.07) is -0.999. The SMILES string of the molecule is CCCCCCC/C=C\C/C=C\CCCCCCCCCCCCCCCCCCCCCCCCCCCCCCCC(=O)NC(COC1OC(CO)C(OC2OC(CO)C(OC3OC(CO)C(O)C(O)C3O)C(O)C2O)C(O)C1O)C(O)/C=C/CC/C=C/CC/C=C/CCCCCCCCCCCCCCCCCCCCCCC. The van der Waals surface area contributed by atoms with Gasteiger partial charge in [-0.25, -0.2) is 0 Å². The lowest BCUT2D eigenvalue weighted by Crippen LogP contribution is -2.66. The van der Waals surface area contributed by atoms with Gasteiger partial charge in [0.1, 0.15) is 73.2 Å². The summed E-state index contributed by atoms with van der Waals surface area (Å²) >= 11 is 0. The number of aliphatic hydroxyl groups excluding tert-OH is 11. The van der Waals surface area contributed by atoms with Crippen molar-refractivity contribution >= 4 is 5.91 Å². The number of allylic oxidation sites excluding steroid dienone is 9. The summed E-state index contributed by atoms with van der Waals surface area (Å²) in [5.74, 6) is -0.281. The summed E-state index contributed by atoms with van der Waals surface area (Å²) in [6.45, 7) is 1.77. The van der Waals surface area contributed by atoms with Gasteiger partial charge in [-0.1, -0.05) is 402 Å². The van der Waals surface area contributed by atoms with E-state index in [4.69, 9.17) is 28.4 Å². The van der Waals surface area contributed by atoms with Gasteiger partial charge in [0.2, 0.25) is 5.91 Å². The van der Waals surface area contributed by atoms with E-state index in [2.05, 4.69) is 67.8 Å². The highest BCUT2D eigenvalue weighted by atomic mass is 16.8. The van der Waals surface area contributed by atoms with Crippen molar-refractivity contribution in [3.8, 4) is 0 Å². The first-order chi connectivity index (χ1) is 57.3. The monoisotopic (exact) mass is 1660 g/mol. The minimum absolute atomic E-state index is 0.235. The maximum Gasteiger partial charge on any atom is 0.220 e. The molecular weight excluding hydrogens is 1480 g/mol. The number of carbonyl (C=O) groups excluding carboxylic acids is 1. The number of hydrogen-bond donors (Lipinski definition) is 12. The molecule has 12 N–H and O–H groups in total. The normalized spacial score (nSPS) is 24.6. The first kappa shape index (κ1) is 109. The van der Waals surface area contributed by atoms with Gasteiger partial charge in [-0.2, -0.15) is 0 Å².